The second-order valence-electron chi connectivity index (χ2n) is 7.95. The molecule has 0 fully saturated rings. The van der Waals surface area contributed by atoms with Gasteiger partial charge in [0, 0.05) is 39.7 Å². The Morgan fingerprint density at radius 3 is 2.42 bits per heavy atom. The number of hydrogen-bond donors (Lipinski definition) is 0. The van der Waals surface area contributed by atoms with Crippen LogP contribution in [0.3, 0.4) is 0 Å². The lowest BCUT2D eigenvalue weighted by molar-refractivity contribution is 1.31. The summed E-state index contributed by atoms with van der Waals surface area (Å²) in [6.07, 6.45) is 3.90. The van der Waals surface area contributed by atoms with Gasteiger partial charge in [0.25, 0.3) is 0 Å². The summed E-state index contributed by atoms with van der Waals surface area (Å²) >= 11 is 0. The van der Waals surface area contributed by atoms with Crippen LogP contribution in [0.5, 0.6) is 0 Å². The SMILES string of the molecule is c1ccc(-c2nc3cccc4c5ccc(-c6cncc7ccccc67)cc5c2n34)cc1. The highest BCUT2D eigenvalue weighted by molar-refractivity contribution is 6.15. The van der Waals surface area contributed by atoms with Gasteiger partial charge in [-0.2, -0.15) is 0 Å². The molecule has 3 aromatic carbocycles. The van der Waals surface area contributed by atoms with E-state index in [1.54, 1.807) is 0 Å². The van der Waals surface area contributed by atoms with Gasteiger partial charge in [0.2, 0.25) is 0 Å². The first kappa shape index (κ1) is 16.5. The Morgan fingerprint density at radius 2 is 1.48 bits per heavy atom. The van der Waals surface area contributed by atoms with E-state index in [2.05, 4.69) is 94.3 Å². The minimum absolute atomic E-state index is 0.982. The quantitative estimate of drug-likeness (QED) is 0.317. The number of aromatic nitrogens is 3. The van der Waals surface area contributed by atoms with Crippen molar-refractivity contribution >= 4 is 38.2 Å². The Morgan fingerprint density at radius 1 is 0.613 bits per heavy atom. The average Bonchev–Trinajstić information content (AvgIpc) is 3.39. The molecule has 3 nitrogen and oxygen atoms in total. The molecule has 0 N–H and O–H groups in total. The molecule has 4 aromatic heterocycles. The summed E-state index contributed by atoms with van der Waals surface area (Å²) in [4.78, 5) is 9.49. The van der Waals surface area contributed by atoms with Gasteiger partial charge in [-0.25, -0.2) is 4.98 Å². The average molecular weight is 395 g/mol. The van der Waals surface area contributed by atoms with Crippen LogP contribution in [0.4, 0.5) is 0 Å². The van der Waals surface area contributed by atoms with Crippen LogP contribution in [0.1, 0.15) is 0 Å². The number of fused-ring (bicyclic) bond motifs is 4. The van der Waals surface area contributed by atoms with Crippen molar-refractivity contribution < 1.29 is 0 Å². The predicted molar refractivity (Wildman–Crippen MR) is 128 cm³/mol. The van der Waals surface area contributed by atoms with Crippen molar-refractivity contribution in [1.82, 2.24) is 14.4 Å². The molecule has 7 rings (SSSR count). The van der Waals surface area contributed by atoms with Crippen molar-refractivity contribution in [3.8, 4) is 22.4 Å². The molecular weight excluding hydrogens is 378 g/mol. The van der Waals surface area contributed by atoms with E-state index in [1.165, 1.54) is 32.8 Å². The lowest BCUT2D eigenvalue weighted by Crippen LogP contribution is -1.84. The van der Waals surface area contributed by atoms with Crippen LogP contribution >= 0.6 is 0 Å². The lowest BCUT2D eigenvalue weighted by Gasteiger charge is -2.07. The predicted octanol–water partition coefficient (Wildman–Crippen LogP) is 6.96. The minimum atomic E-state index is 0.982. The molecule has 0 spiro atoms. The van der Waals surface area contributed by atoms with Crippen molar-refractivity contribution in [1.29, 1.82) is 0 Å². The Balaban J connectivity index is 1.60. The van der Waals surface area contributed by atoms with Crippen LogP contribution in [0.25, 0.3) is 60.6 Å². The highest BCUT2D eigenvalue weighted by Crippen LogP contribution is 2.39. The van der Waals surface area contributed by atoms with Gasteiger partial charge in [-0.1, -0.05) is 72.8 Å². The number of hydrogen-bond acceptors (Lipinski definition) is 2. The third kappa shape index (κ3) is 2.29. The summed E-state index contributed by atoms with van der Waals surface area (Å²) in [6.45, 7) is 0. The summed E-state index contributed by atoms with van der Waals surface area (Å²) in [5.74, 6) is 0. The number of imidazole rings is 1. The molecular formula is C28H17N3. The van der Waals surface area contributed by atoms with Crippen LogP contribution < -0.4 is 0 Å². The van der Waals surface area contributed by atoms with Gasteiger partial charge < -0.3 is 0 Å². The molecule has 0 aliphatic heterocycles. The van der Waals surface area contributed by atoms with Gasteiger partial charge in [0.15, 0.2) is 0 Å². The molecule has 3 heteroatoms. The highest BCUT2D eigenvalue weighted by Gasteiger charge is 2.19. The summed E-state index contributed by atoms with van der Waals surface area (Å²) in [5.41, 5.74) is 7.83. The van der Waals surface area contributed by atoms with Crippen molar-refractivity contribution in [2.24, 2.45) is 0 Å². The molecule has 7 aromatic rings. The maximum Gasteiger partial charge on any atom is 0.138 e. The lowest BCUT2D eigenvalue weighted by atomic mass is 9.98. The summed E-state index contributed by atoms with van der Waals surface area (Å²) in [6, 6.07) is 32.0. The van der Waals surface area contributed by atoms with Gasteiger partial charge in [0.1, 0.15) is 5.65 Å². The van der Waals surface area contributed by atoms with Gasteiger partial charge in [-0.05, 0) is 29.1 Å². The molecule has 0 atom stereocenters. The largest absolute Gasteiger partial charge is 0.292 e. The molecule has 0 aliphatic rings. The van der Waals surface area contributed by atoms with Gasteiger partial charge in [0.05, 0.1) is 16.7 Å². The first-order chi connectivity index (χ1) is 15.4. The van der Waals surface area contributed by atoms with Crippen molar-refractivity contribution in [2.75, 3.05) is 0 Å². The normalized spacial score (nSPS) is 11.9. The second kappa shape index (κ2) is 6.13. The van der Waals surface area contributed by atoms with Crippen LogP contribution in [-0.4, -0.2) is 14.4 Å². The van der Waals surface area contributed by atoms with E-state index >= 15 is 0 Å². The van der Waals surface area contributed by atoms with Crippen LogP contribution in [0.2, 0.25) is 0 Å². The fourth-order valence-electron chi connectivity index (χ4n) is 4.83. The van der Waals surface area contributed by atoms with Crippen molar-refractivity contribution in [3.63, 3.8) is 0 Å². The zero-order valence-electron chi connectivity index (χ0n) is 16.7. The molecule has 0 radical (unpaired) electrons. The Bertz CT molecular complexity index is 1720. The van der Waals surface area contributed by atoms with E-state index in [1.807, 2.05) is 18.5 Å². The van der Waals surface area contributed by atoms with Crippen LogP contribution in [0, 0.1) is 0 Å². The Kier molecular flexibility index (Phi) is 3.27. The molecule has 0 saturated heterocycles. The zero-order valence-corrected chi connectivity index (χ0v) is 16.7. The molecule has 0 aliphatic carbocycles. The third-order valence-corrected chi connectivity index (χ3v) is 6.22. The van der Waals surface area contributed by atoms with E-state index in [0.29, 0.717) is 0 Å². The smallest absolute Gasteiger partial charge is 0.138 e. The van der Waals surface area contributed by atoms with Gasteiger partial charge in [-0.15, -0.1) is 0 Å². The second-order valence-corrected chi connectivity index (χ2v) is 7.95. The van der Waals surface area contributed by atoms with Crippen LogP contribution in [0.15, 0.2) is 103 Å². The standard InChI is InChI=1S/C28H17N3/c1-2-7-18(8-3-1)27-28-23-15-19(24-17-29-16-20-9-4-5-10-21(20)24)13-14-22(23)25-11-6-12-26(30-27)31(25)28/h1-17H. The van der Waals surface area contributed by atoms with Crippen molar-refractivity contribution in [3.05, 3.63) is 103 Å². The summed E-state index contributed by atoms with van der Waals surface area (Å²) < 4.78 is 2.29. The summed E-state index contributed by atoms with van der Waals surface area (Å²) in [5, 5.41) is 4.84. The Hall–Kier alpha value is -4.24. The molecule has 0 bridgehead atoms. The maximum atomic E-state index is 5.00. The van der Waals surface area contributed by atoms with E-state index in [0.717, 1.165) is 27.9 Å². The number of pyridine rings is 2. The van der Waals surface area contributed by atoms with E-state index in [-0.39, 0.29) is 0 Å². The topological polar surface area (TPSA) is 30.2 Å². The first-order valence-electron chi connectivity index (χ1n) is 10.4. The molecule has 0 saturated carbocycles. The zero-order chi connectivity index (χ0) is 20.4. The Labute approximate surface area is 178 Å². The van der Waals surface area contributed by atoms with Gasteiger partial charge >= 0.3 is 0 Å². The van der Waals surface area contributed by atoms with E-state index < -0.39 is 0 Å². The molecule has 0 unspecified atom stereocenters. The fraction of sp³-hybridized carbons (Fsp3) is 0. The van der Waals surface area contributed by atoms with Gasteiger partial charge in [-0.3, -0.25) is 9.38 Å². The highest BCUT2D eigenvalue weighted by atomic mass is 15.0. The number of rotatable bonds is 2. The minimum Gasteiger partial charge on any atom is -0.292 e. The number of benzene rings is 3. The van der Waals surface area contributed by atoms with Crippen LogP contribution in [-0.2, 0) is 0 Å². The number of nitrogens with zero attached hydrogens (tertiary/aromatic N) is 3. The molecule has 0 amide bonds. The molecule has 31 heavy (non-hydrogen) atoms. The van der Waals surface area contributed by atoms with Crippen molar-refractivity contribution in [2.45, 2.75) is 0 Å². The van der Waals surface area contributed by atoms with E-state index in [9.17, 15) is 0 Å². The molecule has 4 heterocycles. The maximum absolute atomic E-state index is 5.00. The first-order valence-corrected chi connectivity index (χ1v) is 10.4. The van der Waals surface area contributed by atoms with E-state index in [4.69, 9.17) is 4.98 Å². The molecule has 144 valence electrons. The summed E-state index contributed by atoms with van der Waals surface area (Å²) in [7, 11) is 0. The third-order valence-electron chi connectivity index (χ3n) is 6.22. The fourth-order valence-corrected chi connectivity index (χ4v) is 4.83. The monoisotopic (exact) mass is 395 g/mol.